The number of benzene rings is 2. The summed E-state index contributed by atoms with van der Waals surface area (Å²) in [5.41, 5.74) is 2.61. The lowest BCUT2D eigenvalue weighted by molar-refractivity contribution is -0.133. The number of aryl methyl sites for hydroxylation is 2. The van der Waals surface area contributed by atoms with Gasteiger partial charge in [0.25, 0.3) is 0 Å². The number of fused-ring (bicyclic) bond motifs is 1. The Balaban J connectivity index is 2.22. The topological polar surface area (TPSA) is 65.0 Å². The van der Waals surface area contributed by atoms with Gasteiger partial charge in [-0.3, -0.25) is 4.79 Å². The Hall–Kier alpha value is -2.69. The Morgan fingerprint density at radius 2 is 1.52 bits per heavy atom. The Morgan fingerprint density at radius 1 is 0.957 bits per heavy atom. The Labute approximate surface area is 134 Å². The van der Waals surface area contributed by atoms with E-state index in [0.717, 1.165) is 5.56 Å². The number of hydrogen-bond donors (Lipinski definition) is 1. The molecule has 0 aliphatic carbocycles. The van der Waals surface area contributed by atoms with E-state index in [-0.39, 0.29) is 5.75 Å². The molecule has 0 saturated carbocycles. The van der Waals surface area contributed by atoms with Crippen molar-refractivity contribution in [2.75, 3.05) is 14.2 Å². The average molecular weight is 314 g/mol. The summed E-state index contributed by atoms with van der Waals surface area (Å²) in [6, 6.07) is 6.96. The van der Waals surface area contributed by atoms with Gasteiger partial charge in [-0.15, -0.1) is 0 Å². The van der Waals surface area contributed by atoms with E-state index in [0.29, 0.717) is 33.9 Å². The van der Waals surface area contributed by atoms with Gasteiger partial charge in [-0.25, -0.2) is 0 Å². The van der Waals surface area contributed by atoms with E-state index in [9.17, 15) is 9.90 Å². The second kappa shape index (κ2) is 5.50. The maximum Gasteiger partial charge on any atom is 0.323 e. The molecule has 1 aliphatic rings. The van der Waals surface area contributed by atoms with Crippen molar-refractivity contribution in [2.24, 2.45) is 0 Å². The molecule has 2 aromatic carbocycles. The summed E-state index contributed by atoms with van der Waals surface area (Å²) >= 11 is 0. The maximum atomic E-state index is 12.4. The molecular weight excluding hydrogens is 296 g/mol. The molecule has 0 amide bonds. The summed E-state index contributed by atoms with van der Waals surface area (Å²) in [7, 11) is 3.12. The standard InChI is InChI=1S/C18H18O5/c1-9-5-11(21-3)7-13(16(9)19)15-14-8-12(22-4)6-10(2)17(14)23-18(15)20/h5-8,15,19H,1-4H3. The van der Waals surface area contributed by atoms with E-state index in [1.54, 1.807) is 39.3 Å². The van der Waals surface area contributed by atoms with Crippen molar-refractivity contribution in [3.8, 4) is 23.0 Å². The number of hydrogen-bond acceptors (Lipinski definition) is 5. The van der Waals surface area contributed by atoms with Crippen LogP contribution >= 0.6 is 0 Å². The van der Waals surface area contributed by atoms with Crippen LogP contribution in [0.5, 0.6) is 23.0 Å². The first-order valence-corrected chi connectivity index (χ1v) is 7.24. The van der Waals surface area contributed by atoms with Crippen LogP contribution in [0.15, 0.2) is 24.3 Å². The molecule has 1 heterocycles. The van der Waals surface area contributed by atoms with Gasteiger partial charge in [-0.2, -0.15) is 0 Å². The van der Waals surface area contributed by atoms with E-state index in [1.807, 2.05) is 13.0 Å². The SMILES string of the molecule is COc1cc(C)c(O)c(C2C(=O)Oc3c(C)cc(OC)cc32)c1. The van der Waals surface area contributed by atoms with Crippen molar-refractivity contribution in [3.05, 3.63) is 46.5 Å². The predicted octanol–water partition coefficient (Wildman–Crippen LogP) is 3.08. The van der Waals surface area contributed by atoms with Crippen molar-refractivity contribution < 1.29 is 24.1 Å². The monoisotopic (exact) mass is 314 g/mol. The molecule has 5 nitrogen and oxygen atoms in total. The zero-order valence-electron chi connectivity index (χ0n) is 13.5. The highest BCUT2D eigenvalue weighted by atomic mass is 16.5. The highest BCUT2D eigenvalue weighted by molar-refractivity contribution is 5.91. The van der Waals surface area contributed by atoms with Gasteiger partial charge in [0.1, 0.15) is 28.9 Å². The largest absolute Gasteiger partial charge is 0.507 e. The summed E-state index contributed by atoms with van der Waals surface area (Å²) in [5.74, 6) is 0.702. The van der Waals surface area contributed by atoms with E-state index in [4.69, 9.17) is 14.2 Å². The number of phenols is 1. The first-order chi connectivity index (χ1) is 11.0. The molecule has 1 atom stereocenters. The molecule has 0 fully saturated rings. The van der Waals surface area contributed by atoms with Crippen molar-refractivity contribution >= 4 is 5.97 Å². The molecule has 0 aromatic heterocycles. The van der Waals surface area contributed by atoms with E-state index in [1.165, 1.54) is 0 Å². The number of carbonyl (C=O) groups excluding carboxylic acids is 1. The molecule has 0 spiro atoms. The zero-order chi connectivity index (χ0) is 16.7. The summed E-state index contributed by atoms with van der Waals surface area (Å²) in [6.07, 6.45) is 0. The van der Waals surface area contributed by atoms with Gasteiger partial charge < -0.3 is 19.3 Å². The van der Waals surface area contributed by atoms with Crippen molar-refractivity contribution in [1.82, 2.24) is 0 Å². The molecule has 1 N–H and O–H groups in total. The Kier molecular flexibility index (Phi) is 3.64. The first-order valence-electron chi connectivity index (χ1n) is 7.24. The summed E-state index contributed by atoms with van der Waals surface area (Å²) in [4.78, 5) is 12.4. The molecule has 2 aromatic rings. The molecule has 5 heteroatoms. The van der Waals surface area contributed by atoms with Crippen molar-refractivity contribution in [3.63, 3.8) is 0 Å². The van der Waals surface area contributed by atoms with Gasteiger partial charge in [-0.1, -0.05) is 0 Å². The highest BCUT2D eigenvalue weighted by Crippen LogP contribution is 2.46. The molecular formula is C18H18O5. The Morgan fingerprint density at radius 3 is 2.13 bits per heavy atom. The third-order valence-corrected chi connectivity index (χ3v) is 4.11. The fourth-order valence-corrected chi connectivity index (χ4v) is 2.93. The van der Waals surface area contributed by atoms with Gasteiger partial charge in [-0.05, 0) is 49.2 Å². The fourth-order valence-electron chi connectivity index (χ4n) is 2.93. The quantitative estimate of drug-likeness (QED) is 0.697. The zero-order valence-corrected chi connectivity index (χ0v) is 13.5. The number of methoxy groups -OCH3 is 2. The van der Waals surface area contributed by atoms with E-state index in [2.05, 4.69) is 0 Å². The lowest BCUT2D eigenvalue weighted by Crippen LogP contribution is -2.12. The highest BCUT2D eigenvalue weighted by Gasteiger charge is 2.38. The van der Waals surface area contributed by atoms with Crippen LogP contribution in [0.1, 0.15) is 28.2 Å². The second-order valence-corrected chi connectivity index (χ2v) is 5.60. The third kappa shape index (κ3) is 2.38. The average Bonchev–Trinajstić information content (AvgIpc) is 2.86. The van der Waals surface area contributed by atoms with Crippen LogP contribution in [0.4, 0.5) is 0 Å². The normalized spacial score (nSPS) is 16.0. The van der Waals surface area contributed by atoms with Gasteiger partial charge in [0.05, 0.1) is 14.2 Å². The maximum absolute atomic E-state index is 12.4. The predicted molar refractivity (Wildman–Crippen MR) is 84.6 cm³/mol. The van der Waals surface area contributed by atoms with E-state index >= 15 is 0 Å². The number of phenolic OH excluding ortho intramolecular Hbond substituents is 1. The van der Waals surface area contributed by atoms with Crippen LogP contribution in [0.3, 0.4) is 0 Å². The van der Waals surface area contributed by atoms with E-state index < -0.39 is 11.9 Å². The molecule has 23 heavy (non-hydrogen) atoms. The number of esters is 1. The smallest absolute Gasteiger partial charge is 0.323 e. The minimum atomic E-state index is -0.701. The van der Waals surface area contributed by atoms with Crippen molar-refractivity contribution in [1.29, 1.82) is 0 Å². The number of carbonyl (C=O) groups is 1. The van der Waals surface area contributed by atoms with Gasteiger partial charge in [0.15, 0.2) is 0 Å². The lowest BCUT2D eigenvalue weighted by atomic mass is 9.89. The van der Waals surface area contributed by atoms with Gasteiger partial charge >= 0.3 is 5.97 Å². The molecule has 0 radical (unpaired) electrons. The van der Waals surface area contributed by atoms with Gasteiger partial charge in [0.2, 0.25) is 0 Å². The van der Waals surface area contributed by atoms with Crippen LogP contribution in [-0.4, -0.2) is 25.3 Å². The van der Waals surface area contributed by atoms with Crippen molar-refractivity contribution in [2.45, 2.75) is 19.8 Å². The van der Waals surface area contributed by atoms with Crippen LogP contribution < -0.4 is 14.2 Å². The fraction of sp³-hybridized carbons (Fsp3) is 0.278. The minimum Gasteiger partial charge on any atom is -0.507 e. The Bertz CT molecular complexity index is 794. The summed E-state index contributed by atoms with van der Waals surface area (Å²) in [6.45, 7) is 3.62. The van der Waals surface area contributed by atoms with Crippen LogP contribution in [0.2, 0.25) is 0 Å². The summed E-state index contributed by atoms with van der Waals surface area (Å²) < 4.78 is 16.0. The van der Waals surface area contributed by atoms with Gasteiger partial charge in [0, 0.05) is 11.1 Å². The third-order valence-electron chi connectivity index (χ3n) is 4.11. The molecule has 120 valence electrons. The van der Waals surface area contributed by atoms with Crippen LogP contribution in [0.25, 0.3) is 0 Å². The summed E-state index contributed by atoms with van der Waals surface area (Å²) in [5, 5.41) is 10.4. The molecule has 0 bridgehead atoms. The first kappa shape index (κ1) is 15.2. The molecule has 1 aliphatic heterocycles. The molecule has 3 rings (SSSR count). The molecule has 0 saturated heterocycles. The number of aromatic hydroxyl groups is 1. The van der Waals surface area contributed by atoms with Crippen LogP contribution in [0, 0.1) is 13.8 Å². The van der Waals surface area contributed by atoms with Crippen LogP contribution in [-0.2, 0) is 4.79 Å². The minimum absolute atomic E-state index is 0.0704. The second-order valence-electron chi connectivity index (χ2n) is 5.60. The number of ether oxygens (including phenoxy) is 3. The lowest BCUT2D eigenvalue weighted by Gasteiger charge is -2.14. The molecule has 1 unspecified atom stereocenters. The number of rotatable bonds is 3.